The smallest absolute Gasteiger partial charge is 0.316 e. The van der Waals surface area contributed by atoms with Gasteiger partial charge < -0.3 is 5.32 Å². The zero-order valence-corrected chi connectivity index (χ0v) is 7.89. The first kappa shape index (κ1) is 12.1. The van der Waals surface area contributed by atoms with Gasteiger partial charge >= 0.3 is 6.18 Å². The first-order chi connectivity index (χ1) is 5.56. The van der Waals surface area contributed by atoms with Crippen molar-refractivity contribution >= 4 is 11.8 Å². The molecule has 0 atom stereocenters. The van der Waals surface area contributed by atoms with Crippen molar-refractivity contribution in [1.82, 2.24) is 5.32 Å². The van der Waals surface area contributed by atoms with E-state index in [2.05, 4.69) is 5.32 Å². The average molecular weight is 201 g/mol. The third-order valence-electron chi connectivity index (χ3n) is 1.29. The van der Waals surface area contributed by atoms with Gasteiger partial charge in [0, 0.05) is 6.54 Å². The van der Waals surface area contributed by atoms with Crippen molar-refractivity contribution < 1.29 is 13.2 Å². The highest BCUT2D eigenvalue weighted by Crippen LogP contribution is 2.17. The van der Waals surface area contributed by atoms with Crippen LogP contribution in [0, 0.1) is 0 Å². The van der Waals surface area contributed by atoms with Crippen LogP contribution in [0.15, 0.2) is 0 Å². The molecule has 0 fully saturated rings. The summed E-state index contributed by atoms with van der Waals surface area (Å²) < 4.78 is 34.8. The van der Waals surface area contributed by atoms with E-state index in [9.17, 15) is 13.2 Å². The van der Waals surface area contributed by atoms with E-state index in [1.165, 1.54) is 0 Å². The first-order valence-electron chi connectivity index (χ1n) is 3.82. The SMILES string of the molecule is CSCCCNCCC(F)(F)F. The Kier molecular flexibility index (Phi) is 6.65. The molecule has 0 aromatic rings. The number of hydrogen-bond donors (Lipinski definition) is 1. The summed E-state index contributed by atoms with van der Waals surface area (Å²) in [6, 6.07) is 0. The third kappa shape index (κ3) is 10.1. The maximum atomic E-state index is 11.6. The van der Waals surface area contributed by atoms with Gasteiger partial charge in [-0.05, 0) is 25.0 Å². The number of nitrogens with one attached hydrogen (secondary N) is 1. The Morgan fingerprint density at radius 1 is 1.25 bits per heavy atom. The monoisotopic (exact) mass is 201 g/mol. The Labute approximate surface area is 75.1 Å². The molecule has 0 rings (SSSR count). The molecule has 0 aliphatic rings. The van der Waals surface area contributed by atoms with E-state index < -0.39 is 12.6 Å². The summed E-state index contributed by atoms with van der Waals surface area (Å²) in [6.45, 7) is 0.717. The molecule has 0 amide bonds. The molecule has 0 aliphatic carbocycles. The maximum absolute atomic E-state index is 11.6. The summed E-state index contributed by atoms with van der Waals surface area (Å²) in [6.07, 6.45) is -1.84. The lowest BCUT2D eigenvalue weighted by Gasteiger charge is -2.06. The van der Waals surface area contributed by atoms with Crippen LogP contribution in [0.4, 0.5) is 13.2 Å². The van der Waals surface area contributed by atoms with Crippen molar-refractivity contribution in [3.05, 3.63) is 0 Å². The molecule has 5 heteroatoms. The maximum Gasteiger partial charge on any atom is 0.390 e. The van der Waals surface area contributed by atoms with Crippen LogP contribution in [0.3, 0.4) is 0 Å². The molecular weight excluding hydrogens is 187 g/mol. The van der Waals surface area contributed by atoms with Crippen LogP contribution >= 0.6 is 11.8 Å². The number of thioether (sulfide) groups is 1. The Hall–Kier alpha value is 0.100. The Morgan fingerprint density at radius 3 is 2.42 bits per heavy atom. The molecule has 0 saturated carbocycles. The van der Waals surface area contributed by atoms with Gasteiger partial charge in [-0.3, -0.25) is 0 Å². The Bertz CT molecular complexity index is 105. The van der Waals surface area contributed by atoms with Gasteiger partial charge in [0.1, 0.15) is 0 Å². The summed E-state index contributed by atoms with van der Waals surface area (Å²) in [5, 5.41) is 2.74. The highest BCUT2D eigenvalue weighted by molar-refractivity contribution is 7.98. The largest absolute Gasteiger partial charge is 0.390 e. The number of halogens is 3. The summed E-state index contributed by atoms with van der Waals surface area (Å²) in [4.78, 5) is 0. The molecule has 0 unspecified atom stereocenters. The van der Waals surface area contributed by atoms with Crippen molar-refractivity contribution in [2.75, 3.05) is 25.1 Å². The summed E-state index contributed by atoms with van der Waals surface area (Å²) in [5.41, 5.74) is 0. The molecule has 0 spiro atoms. The molecule has 74 valence electrons. The number of rotatable bonds is 6. The zero-order chi connectivity index (χ0) is 9.45. The second kappa shape index (κ2) is 6.60. The summed E-state index contributed by atoms with van der Waals surface area (Å²) in [5.74, 6) is 0.999. The minimum absolute atomic E-state index is 0.0396. The summed E-state index contributed by atoms with van der Waals surface area (Å²) >= 11 is 1.70. The Balaban J connectivity index is 3.01. The van der Waals surface area contributed by atoms with Crippen LogP contribution in [0.1, 0.15) is 12.8 Å². The van der Waals surface area contributed by atoms with E-state index in [0.717, 1.165) is 12.2 Å². The van der Waals surface area contributed by atoms with Gasteiger partial charge in [0.05, 0.1) is 6.42 Å². The molecule has 0 heterocycles. The molecule has 0 bridgehead atoms. The molecule has 1 N–H and O–H groups in total. The fourth-order valence-electron chi connectivity index (χ4n) is 0.697. The molecule has 1 nitrogen and oxygen atoms in total. The molecule has 0 saturated heterocycles. The lowest BCUT2D eigenvalue weighted by molar-refractivity contribution is -0.133. The highest BCUT2D eigenvalue weighted by atomic mass is 32.2. The minimum atomic E-state index is -4.02. The van der Waals surface area contributed by atoms with E-state index in [4.69, 9.17) is 0 Å². The highest BCUT2D eigenvalue weighted by Gasteiger charge is 2.25. The van der Waals surface area contributed by atoms with Gasteiger partial charge in [-0.1, -0.05) is 0 Å². The molecule has 0 aliphatic heterocycles. The van der Waals surface area contributed by atoms with Crippen molar-refractivity contribution in [2.45, 2.75) is 19.0 Å². The second-order valence-corrected chi connectivity index (χ2v) is 3.45. The molecule has 0 aromatic carbocycles. The fraction of sp³-hybridized carbons (Fsp3) is 1.00. The Morgan fingerprint density at radius 2 is 1.92 bits per heavy atom. The van der Waals surface area contributed by atoms with Crippen molar-refractivity contribution in [3.63, 3.8) is 0 Å². The average Bonchev–Trinajstić information content (AvgIpc) is 1.94. The van der Waals surface area contributed by atoms with Gasteiger partial charge in [-0.25, -0.2) is 0 Å². The van der Waals surface area contributed by atoms with Gasteiger partial charge in [-0.15, -0.1) is 0 Å². The standard InChI is InChI=1S/C7H14F3NS/c1-12-6-2-4-11-5-3-7(8,9)10/h11H,2-6H2,1H3. The van der Waals surface area contributed by atoms with Crippen LogP contribution in [0.25, 0.3) is 0 Å². The van der Waals surface area contributed by atoms with Crippen LogP contribution in [-0.4, -0.2) is 31.3 Å². The first-order valence-corrected chi connectivity index (χ1v) is 5.22. The van der Waals surface area contributed by atoms with E-state index >= 15 is 0 Å². The van der Waals surface area contributed by atoms with Crippen molar-refractivity contribution in [3.8, 4) is 0 Å². The van der Waals surface area contributed by atoms with E-state index in [1.54, 1.807) is 11.8 Å². The predicted octanol–water partition coefficient (Wildman–Crippen LogP) is 2.28. The fourth-order valence-corrected chi connectivity index (χ4v) is 1.13. The molecule has 0 radical (unpaired) electrons. The summed E-state index contributed by atoms with van der Waals surface area (Å²) in [7, 11) is 0. The molecular formula is C7H14F3NS. The lowest BCUT2D eigenvalue weighted by atomic mass is 10.4. The topological polar surface area (TPSA) is 12.0 Å². The minimum Gasteiger partial charge on any atom is -0.316 e. The zero-order valence-electron chi connectivity index (χ0n) is 7.08. The predicted molar refractivity (Wildman–Crippen MR) is 46.5 cm³/mol. The van der Waals surface area contributed by atoms with Crippen LogP contribution < -0.4 is 5.32 Å². The third-order valence-corrected chi connectivity index (χ3v) is 1.98. The van der Waals surface area contributed by atoms with E-state index in [-0.39, 0.29) is 6.54 Å². The number of hydrogen-bond acceptors (Lipinski definition) is 2. The van der Waals surface area contributed by atoms with Gasteiger partial charge in [-0.2, -0.15) is 24.9 Å². The van der Waals surface area contributed by atoms with Crippen molar-refractivity contribution in [2.24, 2.45) is 0 Å². The second-order valence-electron chi connectivity index (χ2n) is 2.46. The molecule has 12 heavy (non-hydrogen) atoms. The van der Waals surface area contributed by atoms with E-state index in [1.807, 2.05) is 6.26 Å². The molecule has 0 aromatic heterocycles. The van der Waals surface area contributed by atoms with Crippen LogP contribution in [0.2, 0.25) is 0 Å². The normalized spacial score (nSPS) is 12.0. The van der Waals surface area contributed by atoms with Gasteiger partial charge in [0.25, 0.3) is 0 Å². The van der Waals surface area contributed by atoms with Crippen molar-refractivity contribution in [1.29, 1.82) is 0 Å². The quantitative estimate of drug-likeness (QED) is 0.662. The van der Waals surface area contributed by atoms with Crippen LogP contribution in [-0.2, 0) is 0 Å². The van der Waals surface area contributed by atoms with E-state index in [0.29, 0.717) is 6.54 Å². The van der Waals surface area contributed by atoms with Gasteiger partial charge in [0.15, 0.2) is 0 Å². The van der Waals surface area contributed by atoms with Gasteiger partial charge in [0.2, 0.25) is 0 Å². The number of alkyl halides is 3. The lowest BCUT2D eigenvalue weighted by Crippen LogP contribution is -2.22. The van der Waals surface area contributed by atoms with Crippen LogP contribution in [0.5, 0.6) is 0 Å².